The maximum Gasteiger partial charge on any atom is 0.416 e. The van der Waals surface area contributed by atoms with Crippen LogP contribution in [-0.2, 0) is 15.8 Å². The minimum absolute atomic E-state index is 0.0497. The van der Waals surface area contributed by atoms with Gasteiger partial charge in [0.2, 0.25) is 11.8 Å². The van der Waals surface area contributed by atoms with E-state index >= 15 is 0 Å². The molecule has 2 aromatic carbocycles. The van der Waals surface area contributed by atoms with E-state index in [1.807, 2.05) is 0 Å². The molecule has 1 saturated heterocycles. The molecule has 30 heavy (non-hydrogen) atoms. The van der Waals surface area contributed by atoms with Gasteiger partial charge in [0.25, 0.3) is 0 Å². The molecular formula is C20H19F3N4O3. The van der Waals surface area contributed by atoms with Crippen molar-refractivity contribution in [2.45, 2.75) is 18.6 Å². The molecule has 3 N–H and O–H groups in total. The van der Waals surface area contributed by atoms with Gasteiger partial charge in [-0.3, -0.25) is 9.59 Å². The maximum absolute atomic E-state index is 12.8. The van der Waals surface area contributed by atoms with Crippen LogP contribution in [-0.4, -0.2) is 41.9 Å². The van der Waals surface area contributed by atoms with Gasteiger partial charge in [-0.1, -0.05) is 24.3 Å². The molecule has 10 heteroatoms. The fraction of sp³-hybridized carbons (Fsp3) is 0.250. The Morgan fingerprint density at radius 3 is 2.43 bits per heavy atom. The highest BCUT2D eigenvalue weighted by Crippen LogP contribution is 2.30. The minimum Gasteiger partial charge on any atom is -0.353 e. The zero-order valence-electron chi connectivity index (χ0n) is 15.7. The Labute approximate surface area is 170 Å². The minimum atomic E-state index is -4.55. The normalized spacial score (nSPS) is 16.6. The third-order valence-electron chi connectivity index (χ3n) is 4.47. The van der Waals surface area contributed by atoms with E-state index in [4.69, 9.17) is 0 Å². The molecule has 1 fully saturated rings. The summed E-state index contributed by atoms with van der Waals surface area (Å²) in [5.41, 5.74) is -0.424. The Balaban J connectivity index is 1.68. The van der Waals surface area contributed by atoms with Crippen LogP contribution in [0.4, 0.5) is 29.3 Å². The number of amides is 4. The molecular weight excluding hydrogens is 401 g/mol. The third kappa shape index (κ3) is 5.28. The molecule has 0 spiro atoms. The molecule has 1 heterocycles. The van der Waals surface area contributed by atoms with Crippen molar-refractivity contribution in [1.29, 1.82) is 0 Å². The Bertz CT molecular complexity index is 934. The highest BCUT2D eigenvalue weighted by atomic mass is 19.4. The van der Waals surface area contributed by atoms with Crippen LogP contribution in [0.5, 0.6) is 0 Å². The summed E-state index contributed by atoms with van der Waals surface area (Å²) in [6, 6.07) is 11.1. The van der Waals surface area contributed by atoms with Crippen molar-refractivity contribution in [2.75, 3.05) is 23.7 Å². The van der Waals surface area contributed by atoms with E-state index in [9.17, 15) is 27.6 Å². The number of para-hydroxylation sites is 1. The first-order valence-corrected chi connectivity index (χ1v) is 9.11. The van der Waals surface area contributed by atoms with Gasteiger partial charge in [-0.25, -0.2) is 4.79 Å². The second kappa shape index (κ2) is 8.85. The van der Waals surface area contributed by atoms with E-state index in [1.54, 1.807) is 30.3 Å². The van der Waals surface area contributed by atoms with Gasteiger partial charge in [-0.2, -0.15) is 13.2 Å². The number of alkyl halides is 3. The number of hydrogen-bond donors (Lipinski definition) is 3. The highest BCUT2D eigenvalue weighted by Gasteiger charge is 2.35. The first-order chi connectivity index (χ1) is 14.2. The van der Waals surface area contributed by atoms with Crippen LogP contribution in [0.2, 0.25) is 0 Å². The van der Waals surface area contributed by atoms with Crippen molar-refractivity contribution >= 4 is 29.2 Å². The van der Waals surface area contributed by atoms with Crippen LogP contribution in [0.25, 0.3) is 0 Å². The number of nitrogens with one attached hydrogen (secondary N) is 3. The van der Waals surface area contributed by atoms with Crippen molar-refractivity contribution in [3.8, 4) is 0 Å². The summed E-state index contributed by atoms with van der Waals surface area (Å²) in [5, 5.41) is 7.60. The molecule has 0 radical (unpaired) electrons. The SMILES string of the molecule is O=C(C[C@@H]1C(=O)NCCN1C(=O)Nc1ccccc1)Nc1cccc(C(F)(F)F)c1. The largest absolute Gasteiger partial charge is 0.416 e. The summed E-state index contributed by atoms with van der Waals surface area (Å²) >= 11 is 0. The highest BCUT2D eigenvalue weighted by molar-refractivity contribution is 5.99. The molecule has 4 amide bonds. The number of hydrogen-bond acceptors (Lipinski definition) is 3. The molecule has 0 saturated carbocycles. The van der Waals surface area contributed by atoms with Crippen molar-refractivity contribution in [1.82, 2.24) is 10.2 Å². The van der Waals surface area contributed by atoms with Crippen LogP contribution in [0.3, 0.4) is 0 Å². The average molecular weight is 420 g/mol. The lowest BCUT2D eigenvalue weighted by Gasteiger charge is -2.34. The topological polar surface area (TPSA) is 90.5 Å². The standard InChI is InChI=1S/C20H19F3N4O3/c21-20(22,23)13-5-4-8-15(11-13)25-17(28)12-16-18(29)24-9-10-27(16)19(30)26-14-6-2-1-3-7-14/h1-8,11,16H,9-10,12H2,(H,24,29)(H,25,28)(H,26,30)/t16-/m1/s1. The van der Waals surface area contributed by atoms with E-state index in [-0.39, 0.29) is 18.8 Å². The number of carbonyl (C=O) groups excluding carboxylic acids is 3. The lowest BCUT2D eigenvalue weighted by Crippen LogP contribution is -2.59. The van der Waals surface area contributed by atoms with Crippen molar-refractivity contribution in [3.63, 3.8) is 0 Å². The molecule has 158 valence electrons. The summed E-state index contributed by atoms with van der Waals surface area (Å²) in [4.78, 5) is 38.5. The number of rotatable bonds is 4. The van der Waals surface area contributed by atoms with Gasteiger partial charge in [0.05, 0.1) is 12.0 Å². The van der Waals surface area contributed by atoms with E-state index in [2.05, 4.69) is 16.0 Å². The molecule has 3 rings (SSSR count). The first-order valence-electron chi connectivity index (χ1n) is 9.11. The number of urea groups is 1. The maximum atomic E-state index is 12.8. The summed E-state index contributed by atoms with van der Waals surface area (Å²) in [6.07, 6.45) is -4.94. The number of nitrogens with zero attached hydrogens (tertiary/aromatic N) is 1. The second-order valence-electron chi connectivity index (χ2n) is 6.63. The number of benzene rings is 2. The van der Waals surface area contributed by atoms with Crippen LogP contribution in [0.1, 0.15) is 12.0 Å². The average Bonchev–Trinajstić information content (AvgIpc) is 2.70. The van der Waals surface area contributed by atoms with Crippen LogP contribution >= 0.6 is 0 Å². The predicted molar refractivity (Wildman–Crippen MR) is 104 cm³/mol. The lowest BCUT2D eigenvalue weighted by atomic mass is 10.1. The zero-order chi connectivity index (χ0) is 21.7. The Kier molecular flexibility index (Phi) is 6.24. The van der Waals surface area contributed by atoms with E-state index in [0.717, 1.165) is 12.1 Å². The molecule has 7 nitrogen and oxygen atoms in total. The summed E-state index contributed by atoms with van der Waals surface area (Å²) in [7, 11) is 0. The first kappa shape index (κ1) is 21.2. The van der Waals surface area contributed by atoms with Gasteiger partial charge in [0, 0.05) is 24.5 Å². The van der Waals surface area contributed by atoms with Gasteiger partial charge in [-0.15, -0.1) is 0 Å². The molecule has 2 aromatic rings. The number of anilines is 2. The van der Waals surface area contributed by atoms with Crippen LogP contribution in [0, 0.1) is 0 Å². The van der Waals surface area contributed by atoms with Gasteiger partial charge in [0.1, 0.15) is 6.04 Å². The summed E-state index contributed by atoms with van der Waals surface area (Å²) in [5.74, 6) is -1.20. The fourth-order valence-electron chi connectivity index (χ4n) is 3.04. The molecule has 0 bridgehead atoms. The Morgan fingerprint density at radius 2 is 1.73 bits per heavy atom. The molecule has 1 aliphatic rings. The van der Waals surface area contributed by atoms with Crippen LogP contribution < -0.4 is 16.0 Å². The van der Waals surface area contributed by atoms with Crippen molar-refractivity contribution < 1.29 is 27.6 Å². The van der Waals surface area contributed by atoms with Gasteiger partial charge >= 0.3 is 12.2 Å². The van der Waals surface area contributed by atoms with Gasteiger partial charge in [-0.05, 0) is 30.3 Å². The molecule has 0 aliphatic carbocycles. The smallest absolute Gasteiger partial charge is 0.353 e. The molecule has 0 unspecified atom stereocenters. The van der Waals surface area contributed by atoms with Crippen LogP contribution in [0.15, 0.2) is 54.6 Å². The zero-order valence-corrected chi connectivity index (χ0v) is 15.7. The lowest BCUT2D eigenvalue weighted by molar-refractivity contribution is -0.137. The number of halogens is 3. The van der Waals surface area contributed by atoms with Gasteiger partial charge in [0.15, 0.2) is 0 Å². The van der Waals surface area contributed by atoms with Crippen molar-refractivity contribution in [2.24, 2.45) is 0 Å². The summed E-state index contributed by atoms with van der Waals surface area (Å²) < 4.78 is 38.5. The van der Waals surface area contributed by atoms with E-state index in [0.29, 0.717) is 5.69 Å². The second-order valence-corrected chi connectivity index (χ2v) is 6.63. The van der Waals surface area contributed by atoms with Crippen molar-refractivity contribution in [3.05, 3.63) is 60.2 Å². The quantitative estimate of drug-likeness (QED) is 0.710. The third-order valence-corrected chi connectivity index (χ3v) is 4.47. The monoisotopic (exact) mass is 420 g/mol. The number of carbonyl (C=O) groups is 3. The molecule has 0 aromatic heterocycles. The number of piperazine rings is 1. The molecule has 1 atom stereocenters. The Morgan fingerprint density at radius 1 is 1.03 bits per heavy atom. The predicted octanol–water partition coefficient (Wildman–Crippen LogP) is 3.07. The molecule has 1 aliphatic heterocycles. The Hall–Kier alpha value is -3.56. The van der Waals surface area contributed by atoms with Gasteiger partial charge < -0.3 is 20.9 Å². The summed E-state index contributed by atoms with van der Waals surface area (Å²) in [6.45, 7) is 0.415. The van der Waals surface area contributed by atoms with E-state index in [1.165, 1.54) is 17.0 Å². The fourth-order valence-corrected chi connectivity index (χ4v) is 3.04. The van der Waals surface area contributed by atoms with E-state index < -0.39 is 42.0 Å².